The first kappa shape index (κ1) is 24.0. The average molecular weight is 478 g/mol. The maximum absolute atomic E-state index is 12.8. The van der Waals surface area contributed by atoms with Crippen molar-refractivity contribution in [3.05, 3.63) is 95.1 Å². The van der Waals surface area contributed by atoms with Crippen molar-refractivity contribution in [2.24, 2.45) is 0 Å². The second-order valence-corrected chi connectivity index (χ2v) is 10.6. The summed E-state index contributed by atoms with van der Waals surface area (Å²) in [5.74, 6) is -0.134. The first-order valence-corrected chi connectivity index (χ1v) is 13.1. The van der Waals surface area contributed by atoms with Crippen molar-refractivity contribution in [2.75, 3.05) is 17.8 Å². The molecule has 178 valence electrons. The first-order valence-electron chi connectivity index (χ1n) is 11.6. The molecule has 1 fully saturated rings. The number of hydrogen-bond acceptors (Lipinski definition) is 4. The van der Waals surface area contributed by atoms with E-state index >= 15 is 0 Å². The Balaban J connectivity index is 1.31. The van der Waals surface area contributed by atoms with Gasteiger partial charge in [-0.1, -0.05) is 42.5 Å². The summed E-state index contributed by atoms with van der Waals surface area (Å²) in [6.45, 7) is 6.45. The van der Waals surface area contributed by atoms with E-state index in [1.807, 2.05) is 19.1 Å². The smallest absolute Gasteiger partial charge is 0.262 e. The van der Waals surface area contributed by atoms with Gasteiger partial charge in [-0.2, -0.15) is 0 Å². The zero-order valence-corrected chi connectivity index (χ0v) is 20.4. The summed E-state index contributed by atoms with van der Waals surface area (Å²) in [6, 6.07) is 22.5. The van der Waals surface area contributed by atoms with Gasteiger partial charge in [0.05, 0.1) is 4.90 Å². The van der Waals surface area contributed by atoms with Gasteiger partial charge in [-0.3, -0.25) is 14.4 Å². The van der Waals surface area contributed by atoms with Crippen LogP contribution in [0.4, 0.5) is 5.69 Å². The topological polar surface area (TPSA) is 78.5 Å². The SMILES string of the molecule is Cc1ccc(C)c(S(=O)(=O)Nc2ccc(C(=O)NC3CCN(Cc4ccccc4)CC3)cc2)c1. The molecule has 3 aromatic carbocycles. The normalized spacial score (nSPS) is 15.1. The molecule has 7 heteroatoms. The van der Waals surface area contributed by atoms with E-state index < -0.39 is 10.0 Å². The van der Waals surface area contributed by atoms with Crippen LogP contribution in [0.5, 0.6) is 0 Å². The van der Waals surface area contributed by atoms with Crippen molar-refractivity contribution in [3.63, 3.8) is 0 Å². The van der Waals surface area contributed by atoms with Crippen LogP contribution in [0.3, 0.4) is 0 Å². The van der Waals surface area contributed by atoms with Crippen LogP contribution in [0.25, 0.3) is 0 Å². The van der Waals surface area contributed by atoms with Gasteiger partial charge in [0.25, 0.3) is 15.9 Å². The van der Waals surface area contributed by atoms with E-state index in [2.05, 4.69) is 39.2 Å². The van der Waals surface area contributed by atoms with E-state index in [9.17, 15) is 13.2 Å². The highest BCUT2D eigenvalue weighted by molar-refractivity contribution is 7.92. The van der Waals surface area contributed by atoms with Gasteiger partial charge in [0, 0.05) is 36.9 Å². The Bertz CT molecular complexity index is 1230. The fourth-order valence-corrected chi connectivity index (χ4v) is 5.63. The molecule has 1 aliphatic heterocycles. The van der Waals surface area contributed by atoms with Crippen molar-refractivity contribution in [1.82, 2.24) is 10.2 Å². The lowest BCUT2D eigenvalue weighted by atomic mass is 10.0. The Morgan fingerprint density at radius 2 is 1.62 bits per heavy atom. The largest absolute Gasteiger partial charge is 0.349 e. The number of benzene rings is 3. The van der Waals surface area contributed by atoms with E-state index in [-0.39, 0.29) is 16.8 Å². The number of hydrogen-bond donors (Lipinski definition) is 2. The van der Waals surface area contributed by atoms with Crippen LogP contribution in [0.1, 0.15) is 39.9 Å². The minimum absolute atomic E-state index is 0.134. The molecule has 0 bridgehead atoms. The molecular weight excluding hydrogens is 446 g/mol. The predicted octanol–water partition coefficient (Wildman–Crippen LogP) is 4.50. The van der Waals surface area contributed by atoms with E-state index in [4.69, 9.17) is 0 Å². The summed E-state index contributed by atoms with van der Waals surface area (Å²) < 4.78 is 28.2. The number of sulfonamides is 1. The fourth-order valence-electron chi connectivity index (χ4n) is 4.24. The third-order valence-electron chi connectivity index (χ3n) is 6.20. The van der Waals surface area contributed by atoms with Crippen LogP contribution in [0.15, 0.2) is 77.7 Å². The van der Waals surface area contributed by atoms with Gasteiger partial charge >= 0.3 is 0 Å². The second kappa shape index (κ2) is 10.4. The van der Waals surface area contributed by atoms with Crippen LogP contribution in [0.2, 0.25) is 0 Å². The molecule has 3 aromatic rings. The molecule has 0 radical (unpaired) electrons. The molecule has 0 saturated carbocycles. The lowest BCUT2D eigenvalue weighted by Gasteiger charge is -2.32. The van der Waals surface area contributed by atoms with Crippen molar-refractivity contribution in [2.45, 2.75) is 44.2 Å². The first-order chi connectivity index (χ1) is 16.3. The van der Waals surface area contributed by atoms with Gasteiger partial charge in [-0.15, -0.1) is 0 Å². The number of carbonyl (C=O) groups excluding carboxylic acids is 1. The van der Waals surface area contributed by atoms with E-state index in [1.54, 1.807) is 43.3 Å². The molecule has 34 heavy (non-hydrogen) atoms. The standard InChI is InChI=1S/C27H31N3O3S/c1-20-8-9-21(2)26(18-20)34(32,33)29-25-12-10-23(11-13-25)27(31)28-24-14-16-30(17-15-24)19-22-6-4-3-5-7-22/h3-13,18,24,29H,14-17,19H2,1-2H3,(H,28,31). The minimum Gasteiger partial charge on any atom is -0.349 e. The molecule has 0 aromatic heterocycles. The molecule has 0 atom stereocenters. The number of rotatable bonds is 7. The van der Waals surface area contributed by atoms with Crippen molar-refractivity contribution in [1.29, 1.82) is 0 Å². The van der Waals surface area contributed by atoms with Crippen molar-refractivity contribution in [3.8, 4) is 0 Å². The Kier molecular flexibility index (Phi) is 7.34. The van der Waals surface area contributed by atoms with Crippen LogP contribution < -0.4 is 10.0 Å². The highest BCUT2D eigenvalue weighted by Crippen LogP contribution is 2.21. The minimum atomic E-state index is -3.71. The molecular formula is C27H31N3O3S. The van der Waals surface area contributed by atoms with E-state index in [1.165, 1.54) is 5.56 Å². The van der Waals surface area contributed by atoms with Crippen molar-refractivity contribution >= 4 is 21.6 Å². The third kappa shape index (κ3) is 6.04. The number of carbonyl (C=O) groups is 1. The molecule has 6 nitrogen and oxygen atoms in total. The number of piperidine rings is 1. The van der Waals surface area contributed by atoms with Gasteiger partial charge in [0.15, 0.2) is 0 Å². The molecule has 0 spiro atoms. The van der Waals surface area contributed by atoms with Gasteiger partial charge in [-0.25, -0.2) is 8.42 Å². The van der Waals surface area contributed by atoms with Crippen LogP contribution >= 0.6 is 0 Å². The molecule has 1 amide bonds. The zero-order valence-electron chi connectivity index (χ0n) is 19.6. The lowest BCUT2D eigenvalue weighted by Crippen LogP contribution is -2.44. The van der Waals surface area contributed by atoms with E-state index in [0.29, 0.717) is 16.8 Å². The number of likely N-dealkylation sites (tertiary alicyclic amines) is 1. The summed E-state index contributed by atoms with van der Waals surface area (Å²) >= 11 is 0. The monoisotopic (exact) mass is 477 g/mol. The Hall–Kier alpha value is -3.16. The number of nitrogens with one attached hydrogen (secondary N) is 2. The van der Waals surface area contributed by atoms with Crippen LogP contribution in [-0.2, 0) is 16.6 Å². The molecule has 2 N–H and O–H groups in total. The molecule has 0 aliphatic carbocycles. The summed E-state index contributed by atoms with van der Waals surface area (Å²) in [5, 5.41) is 3.12. The maximum Gasteiger partial charge on any atom is 0.262 e. The Morgan fingerprint density at radius 3 is 2.29 bits per heavy atom. The third-order valence-corrected chi connectivity index (χ3v) is 7.73. The summed E-state index contributed by atoms with van der Waals surface area (Å²) in [7, 11) is -3.71. The predicted molar refractivity (Wildman–Crippen MR) is 135 cm³/mol. The molecule has 0 unspecified atom stereocenters. The second-order valence-electron chi connectivity index (χ2n) is 8.96. The quantitative estimate of drug-likeness (QED) is 0.525. The maximum atomic E-state index is 12.8. The highest BCUT2D eigenvalue weighted by atomic mass is 32.2. The Labute approximate surface area is 202 Å². The number of aryl methyl sites for hydroxylation is 2. The Morgan fingerprint density at radius 1 is 0.941 bits per heavy atom. The van der Waals surface area contributed by atoms with Gasteiger partial charge in [-0.05, 0) is 73.7 Å². The van der Waals surface area contributed by atoms with Gasteiger partial charge < -0.3 is 5.32 Å². The molecule has 1 saturated heterocycles. The summed E-state index contributed by atoms with van der Waals surface area (Å²) in [5.41, 5.74) is 3.80. The number of anilines is 1. The lowest BCUT2D eigenvalue weighted by molar-refractivity contribution is 0.0909. The van der Waals surface area contributed by atoms with Crippen molar-refractivity contribution < 1.29 is 13.2 Å². The zero-order chi connectivity index (χ0) is 24.1. The highest BCUT2D eigenvalue weighted by Gasteiger charge is 2.22. The van der Waals surface area contributed by atoms with Crippen LogP contribution in [-0.4, -0.2) is 38.4 Å². The molecule has 1 aliphatic rings. The molecule has 4 rings (SSSR count). The van der Waals surface area contributed by atoms with E-state index in [0.717, 1.165) is 38.0 Å². The summed E-state index contributed by atoms with van der Waals surface area (Å²) in [4.78, 5) is 15.4. The van der Waals surface area contributed by atoms with Gasteiger partial charge in [0.1, 0.15) is 0 Å². The molecule has 1 heterocycles. The van der Waals surface area contributed by atoms with Gasteiger partial charge in [0.2, 0.25) is 0 Å². The summed E-state index contributed by atoms with van der Waals surface area (Å²) in [6.07, 6.45) is 1.82. The average Bonchev–Trinajstić information content (AvgIpc) is 2.82. The number of amides is 1. The number of nitrogens with zero attached hydrogens (tertiary/aromatic N) is 1. The van der Waals surface area contributed by atoms with Crippen LogP contribution in [0, 0.1) is 13.8 Å². The fraction of sp³-hybridized carbons (Fsp3) is 0.296.